The third kappa shape index (κ3) is 8.83. The Morgan fingerprint density at radius 3 is 2.30 bits per heavy atom. The van der Waals surface area contributed by atoms with Crippen molar-refractivity contribution >= 4 is 23.4 Å². The van der Waals surface area contributed by atoms with Gasteiger partial charge in [-0.05, 0) is 41.8 Å². The summed E-state index contributed by atoms with van der Waals surface area (Å²) in [5.41, 5.74) is 1.85. The smallest absolute Gasteiger partial charge is 0.261 e. The fourth-order valence-electron chi connectivity index (χ4n) is 3.97. The number of nitrogens with one attached hydrogen (secondary N) is 1. The van der Waals surface area contributed by atoms with Crippen LogP contribution in [0.5, 0.6) is 11.5 Å². The lowest BCUT2D eigenvalue weighted by molar-refractivity contribution is -0.142. The summed E-state index contributed by atoms with van der Waals surface area (Å²) in [6, 6.07) is 23.5. The minimum Gasteiger partial charge on any atom is -0.497 e. The van der Waals surface area contributed by atoms with Gasteiger partial charge in [0.1, 0.15) is 17.5 Å². The maximum Gasteiger partial charge on any atom is 0.261 e. The largest absolute Gasteiger partial charge is 0.497 e. The molecule has 3 rings (SSSR count). The van der Waals surface area contributed by atoms with Crippen molar-refractivity contribution in [3.63, 3.8) is 0 Å². The molecule has 0 saturated carbocycles. The van der Waals surface area contributed by atoms with Crippen LogP contribution < -0.4 is 14.8 Å². The normalized spacial score (nSPS) is 11.4. The highest BCUT2D eigenvalue weighted by atomic mass is 35.5. The van der Waals surface area contributed by atoms with Crippen molar-refractivity contribution in [3.05, 3.63) is 95.0 Å². The molecule has 0 aliphatic carbocycles. The van der Waals surface area contributed by atoms with Crippen molar-refractivity contribution in [1.82, 2.24) is 10.2 Å². The van der Waals surface area contributed by atoms with Gasteiger partial charge in [0.05, 0.1) is 12.1 Å². The summed E-state index contributed by atoms with van der Waals surface area (Å²) in [5.74, 6) is 0.656. The van der Waals surface area contributed by atoms with E-state index in [4.69, 9.17) is 21.1 Å². The van der Waals surface area contributed by atoms with E-state index in [1.165, 1.54) is 0 Å². The SMILES string of the molecule is CCCCCNC(=O)C(Cc1ccccc1)N(Cc1ccc(OC)cc1)C(=O)COc1ccccc1Cl. The van der Waals surface area contributed by atoms with E-state index in [9.17, 15) is 9.59 Å². The summed E-state index contributed by atoms with van der Waals surface area (Å²) >= 11 is 6.22. The van der Waals surface area contributed by atoms with Gasteiger partial charge in [-0.25, -0.2) is 0 Å². The molecule has 0 bridgehead atoms. The summed E-state index contributed by atoms with van der Waals surface area (Å²) in [5, 5.41) is 3.47. The van der Waals surface area contributed by atoms with E-state index in [1.54, 1.807) is 36.3 Å². The maximum absolute atomic E-state index is 13.6. The minimum atomic E-state index is -0.714. The van der Waals surface area contributed by atoms with E-state index in [-0.39, 0.29) is 25.0 Å². The molecule has 2 amide bonds. The van der Waals surface area contributed by atoms with Crippen molar-refractivity contribution in [3.8, 4) is 11.5 Å². The molecular weight excluding hydrogens is 488 g/mol. The Hall–Kier alpha value is -3.51. The molecule has 0 aromatic heterocycles. The number of amides is 2. The number of para-hydroxylation sites is 1. The molecule has 1 atom stereocenters. The highest BCUT2D eigenvalue weighted by Crippen LogP contribution is 2.24. The first-order valence-corrected chi connectivity index (χ1v) is 13.0. The predicted octanol–water partition coefficient (Wildman–Crippen LogP) is 5.67. The maximum atomic E-state index is 13.6. The molecule has 1 unspecified atom stereocenters. The summed E-state index contributed by atoms with van der Waals surface area (Å²) in [7, 11) is 1.61. The third-order valence-corrected chi connectivity index (χ3v) is 6.36. The molecule has 6 nitrogen and oxygen atoms in total. The van der Waals surface area contributed by atoms with Crippen LogP contribution in [0.15, 0.2) is 78.9 Å². The molecule has 1 N–H and O–H groups in total. The Labute approximate surface area is 224 Å². The second kappa shape index (κ2) is 14.9. The minimum absolute atomic E-state index is 0.181. The Morgan fingerprint density at radius 2 is 1.62 bits per heavy atom. The first kappa shape index (κ1) is 28.1. The van der Waals surface area contributed by atoms with Crippen molar-refractivity contribution in [2.24, 2.45) is 0 Å². The van der Waals surface area contributed by atoms with Crippen molar-refractivity contribution in [2.45, 2.75) is 45.2 Å². The fourth-order valence-corrected chi connectivity index (χ4v) is 4.16. The van der Waals surface area contributed by atoms with E-state index in [1.807, 2.05) is 54.6 Å². The first-order valence-electron chi connectivity index (χ1n) is 12.6. The van der Waals surface area contributed by atoms with Crippen LogP contribution >= 0.6 is 11.6 Å². The van der Waals surface area contributed by atoms with E-state index < -0.39 is 6.04 Å². The summed E-state index contributed by atoms with van der Waals surface area (Å²) in [6.07, 6.45) is 3.37. The van der Waals surface area contributed by atoms with Gasteiger partial charge in [0.15, 0.2) is 6.61 Å². The number of halogens is 1. The van der Waals surface area contributed by atoms with Gasteiger partial charge in [0.2, 0.25) is 5.91 Å². The number of unbranched alkanes of at least 4 members (excludes halogenated alkanes) is 2. The highest BCUT2D eigenvalue weighted by Gasteiger charge is 2.30. The molecule has 196 valence electrons. The van der Waals surface area contributed by atoms with Gasteiger partial charge < -0.3 is 19.7 Å². The van der Waals surface area contributed by atoms with Crippen molar-refractivity contribution in [1.29, 1.82) is 0 Å². The summed E-state index contributed by atoms with van der Waals surface area (Å²) in [6.45, 7) is 2.69. The number of nitrogens with zero attached hydrogens (tertiary/aromatic N) is 1. The van der Waals surface area contributed by atoms with E-state index in [0.717, 1.165) is 36.1 Å². The summed E-state index contributed by atoms with van der Waals surface area (Å²) < 4.78 is 11.0. The summed E-state index contributed by atoms with van der Waals surface area (Å²) in [4.78, 5) is 28.7. The molecule has 0 aliphatic heterocycles. The number of rotatable bonds is 14. The molecular formula is C30H35ClN2O4. The topological polar surface area (TPSA) is 67.9 Å². The number of benzene rings is 3. The first-order chi connectivity index (χ1) is 18.0. The Bertz CT molecular complexity index is 1120. The standard InChI is InChI=1S/C30H35ClN2O4/c1-3-4-10-19-32-30(35)27(20-23-11-6-5-7-12-23)33(21-24-15-17-25(36-2)18-16-24)29(34)22-37-28-14-9-8-13-26(28)31/h5-9,11-18,27H,3-4,10,19-22H2,1-2H3,(H,32,35). The van der Waals surface area contributed by atoms with Crippen molar-refractivity contribution < 1.29 is 19.1 Å². The molecule has 3 aromatic rings. The number of hydrogen-bond acceptors (Lipinski definition) is 4. The van der Waals surface area contributed by atoms with Gasteiger partial charge in [0.25, 0.3) is 5.91 Å². The number of hydrogen-bond donors (Lipinski definition) is 1. The van der Waals surface area contributed by atoms with Crippen LogP contribution in [0.3, 0.4) is 0 Å². The molecule has 37 heavy (non-hydrogen) atoms. The zero-order chi connectivity index (χ0) is 26.5. The molecule has 0 fully saturated rings. The molecule has 0 spiro atoms. The lowest BCUT2D eigenvalue weighted by Gasteiger charge is -2.31. The molecule has 0 radical (unpaired) electrons. The lowest BCUT2D eigenvalue weighted by atomic mass is 10.0. The van der Waals surface area contributed by atoms with Gasteiger partial charge >= 0.3 is 0 Å². The second-order valence-corrected chi connectivity index (χ2v) is 9.20. The third-order valence-electron chi connectivity index (χ3n) is 6.05. The van der Waals surface area contributed by atoms with Crippen molar-refractivity contribution in [2.75, 3.05) is 20.3 Å². The molecule has 7 heteroatoms. The average molecular weight is 523 g/mol. The second-order valence-electron chi connectivity index (χ2n) is 8.79. The average Bonchev–Trinajstić information content (AvgIpc) is 2.93. The van der Waals surface area contributed by atoms with E-state index >= 15 is 0 Å². The predicted molar refractivity (Wildman–Crippen MR) is 147 cm³/mol. The van der Waals surface area contributed by atoms with Crippen LogP contribution in [0.1, 0.15) is 37.3 Å². The van der Waals surface area contributed by atoms with Crippen LogP contribution in [0.25, 0.3) is 0 Å². The quantitative estimate of drug-likeness (QED) is 0.277. The Morgan fingerprint density at radius 1 is 0.919 bits per heavy atom. The molecule has 0 aliphatic rings. The monoisotopic (exact) mass is 522 g/mol. The lowest BCUT2D eigenvalue weighted by Crippen LogP contribution is -2.51. The van der Waals surface area contributed by atoms with Crippen LogP contribution in [0.4, 0.5) is 0 Å². The van der Waals surface area contributed by atoms with Gasteiger partial charge in [-0.3, -0.25) is 9.59 Å². The van der Waals surface area contributed by atoms with Crippen LogP contribution in [0, 0.1) is 0 Å². The van der Waals surface area contributed by atoms with E-state index in [0.29, 0.717) is 23.7 Å². The van der Waals surface area contributed by atoms with Crippen LogP contribution in [0.2, 0.25) is 5.02 Å². The Balaban J connectivity index is 1.87. The molecule has 0 saturated heterocycles. The Kier molecular flexibility index (Phi) is 11.3. The van der Waals surface area contributed by atoms with E-state index in [2.05, 4.69) is 12.2 Å². The van der Waals surface area contributed by atoms with Gasteiger partial charge in [-0.2, -0.15) is 0 Å². The number of ether oxygens (including phenoxy) is 2. The van der Waals surface area contributed by atoms with Crippen LogP contribution in [-0.4, -0.2) is 43.0 Å². The van der Waals surface area contributed by atoms with Gasteiger partial charge in [-0.15, -0.1) is 0 Å². The van der Waals surface area contributed by atoms with Gasteiger partial charge in [-0.1, -0.05) is 86.0 Å². The number of methoxy groups -OCH3 is 1. The molecule has 0 heterocycles. The number of carbonyl (C=O) groups is 2. The zero-order valence-electron chi connectivity index (χ0n) is 21.5. The van der Waals surface area contributed by atoms with Gasteiger partial charge in [0, 0.05) is 19.5 Å². The number of carbonyl (C=O) groups excluding carboxylic acids is 2. The zero-order valence-corrected chi connectivity index (χ0v) is 22.2. The highest BCUT2D eigenvalue weighted by molar-refractivity contribution is 6.32. The fraction of sp³-hybridized carbons (Fsp3) is 0.333. The van der Waals surface area contributed by atoms with Crippen LogP contribution in [-0.2, 0) is 22.6 Å². The molecule has 3 aromatic carbocycles.